The molecule has 0 spiro atoms. The van der Waals surface area contributed by atoms with Gasteiger partial charge in [0.15, 0.2) is 0 Å². The summed E-state index contributed by atoms with van der Waals surface area (Å²) in [7, 11) is 0. The minimum atomic E-state index is 0.144. The Balaban J connectivity index is 1.60. The third-order valence-electron chi connectivity index (χ3n) is 7.77. The molecule has 4 aromatic rings. The molecule has 0 aromatic heterocycles. The molecule has 4 aromatic carbocycles. The molecule has 0 atom stereocenters. The molecule has 0 fully saturated rings. The lowest BCUT2D eigenvalue weighted by molar-refractivity contribution is 0.505. The molecule has 0 aliphatic carbocycles. The van der Waals surface area contributed by atoms with E-state index >= 15 is 0 Å². The fourth-order valence-electron chi connectivity index (χ4n) is 4.90. The number of anilines is 3. The third kappa shape index (κ3) is 5.13. The summed E-state index contributed by atoms with van der Waals surface area (Å²) >= 11 is 1.88. The lowest BCUT2D eigenvalue weighted by Crippen LogP contribution is -2.18. The van der Waals surface area contributed by atoms with E-state index in [2.05, 4.69) is 130 Å². The normalized spacial score (nSPS) is 12.7. The van der Waals surface area contributed by atoms with Crippen LogP contribution in [0.15, 0.2) is 107 Å². The predicted octanol–water partition coefficient (Wildman–Crippen LogP) is 10.7. The van der Waals surface area contributed by atoms with Gasteiger partial charge in [0.25, 0.3) is 0 Å². The highest BCUT2D eigenvalue weighted by Crippen LogP contribution is 2.53. The Labute approximate surface area is 227 Å². The highest BCUT2D eigenvalue weighted by molar-refractivity contribution is 7.99. The van der Waals surface area contributed by atoms with E-state index in [1.807, 2.05) is 11.8 Å². The molecule has 0 saturated heterocycles. The van der Waals surface area contributed by atoms with Gasteiger partial charge < -0.3 is 4.90 Å². The lowest BCUT2D eigenvalue weighted by atomic mass is 9.82. The Morgan fingerprint density at radius 3 is 2.14 bits per heavy atom. The molecular formula is C35H37NS. The molecule has 1 aliphatic rings. The van der Waals surface area contributed by atoms with Crippen molar-refractivity contribution in [3.05, 3.63) is 120 Å². The van der Waals surface area contributed by atoms with E-state index in [-0.39, 0.29) is 5.41 Å². The van der Waals surface area contributed by atoms with Crippen LogP contribution in [0.2, 0.25) is 0 Å². The molecular weight excluding hydrogens is 466 g/mol. The average molecular weight is 504 g/mol. The van der Waals surface area contributed by atoms with E-state index in [1.54, 1.807) is 0 Å². The Morgan fingerprint density at radius 2 is 1.46 bits per heavy atom. The van der Waals surface area contributed by atoms with Crippen molar-refractivity contribution in [2.45, 2.75) is 68.6 Å². The van der Waals surface area contributed by atoms with E-state index in [0.29, 0.717) is 0 Å². The van der Waals surface area contributed by atoms with E-state index in [0.717, 1.165) is 24.0 Å². The molecule has 0 amide bonds. The van der Waals surface area contributed by atoms with Crippen molar-refractivity contribution in [3.63, 3.8) is 0 Å². The van der Waals surface area contributed by atoms with Crippen LogP contribution in [-0.4, -0.2) is 0 Å². The van der Waals surface area contributed by atoms with Crippen LogP contribution in [0.5, 0.6) is 0 Å². The maximum absolute atomic E-state index is 4.43. The molecule has 2 heteroatoms. The van der Waals surface area contributed by atoms with Gasteiger partial charge in [0.05, 0.1) is 11.4 Å². The number of hydrogen-bond acceptors (Lipinski definition) is 2. The quantitative estimate of drug-likeness (QED) is 0.207. The van der Waals surface area contributed by atoms with Gasteiger partial charge in [0.1, 0.15) is 0 Å². The zero-order valence-electron chi connectivity index (χ0n) is 22.6. The summed E-state index contributed by atoms with van der Waals surface area (Å²) in [5, 5.41) is 0. The summed E-state index contributed by atoms with van der Waals surface area (Å²) in [5.74, 6) is 0. The summed E-state index contributed by atoms with van der Waals surface area (Å²) in [5.41, 5.74) is 10.0. The molecule has 0 N–H and O–H groups in total. The second kappa shape index (κ2) is 10.6. The maximum atomic E-state index is 4.43. The average Bonchev–Trinajstić information content (AvgIpc) is 2.94. The highest BCUT2D eigenvalue weighted by Gasteiger charge is 2.28. The number of rotatable bonds is 8. The summed E-state index contributed by atoms with van der Waals surface area (Å²) in [6, 6.07) is 33.5. The number of hydrogen-bond donors (Lipinski definition) is 0. The maximum Gasteiger partial charge on any atom is 0.0602 e. The van der Waals surface area contributed by atoms with Gasteiger partial charge in [-0.3, -0.25) is 0 Å². The van der Waals surface area contributed by atoms with Gasteiger partial charge in [0.2, 0.25) is 0 Å². The molecule has 1 heterocycles. The minimum absolute atomic E-state index is 0.144. The molecule has 0 unspecified atom stereocenters. The van der Waals surface area contributed by atoms with Crippen LogP contribution in [-0.2, 0) is 11.8 Å². The van der Waals surface area contributed by atoms with Crippen molar-refractivity contribution in [2.24, 2.45) is 0 Å². The molecule has 0 saturated carbocycles. The van der Waals surface area contributed by atoms with Gasteiger partial charge in [-0.1, -0.05) is 107 Å². The van der Waals surface area contributed by atoms with Gasteiger partial charge in [0, 0.05) is 15.5 Å². The van der Waals surface area contributed by atoms with Crippen molar-refractivity contribution in [3.8, 4) is 0 Å². The molecule has 1 nitrogen and oxygen atoms in total. The van der Waals surface area contributed by atoms with Gasteiger partial charge in [-0.2, -0.15) is 0 Å². The van der Waals surface area contributed by atoms with Gasteiger partial charge in [-0.15, -0.1) is 0 Å². The molecule has 5 rings (SSSR count). The number of aryl methyl sites for hydroxylation is 1. The van der Waals surface area contributed by atoms with Crippen molar-refractivity contribution in [1.29, 1.82) is 0 Å². The van der Waals surface area contributed by atoms with Gasteiger partial charge in [-0.25, -0.2) is 0 Å². The Hall–Kier alpha value is -3.23. The monoisotopic (exact) mass is 503 g/mol. The largest absolute Gasteiger partial charge is 0.308 e. The Kier molecular flexibility index (Phi) is 7.31. The summed E-state index contributed by atoms with van der Waals surface area (Å²) in [6.45, 7) is 13.6. The zero-order chi connectivity index (χ0) is 26.0. The molecule has 0 radical (unpaired) electrons. The van der Waals surface area contributed by atoms with E-state index in [9.17, 15) is 0 Å². The zero-order valence-corrected chi connectivity index (χ0v) is 23.4. The number of unbranched alkanes of at least 4 members (excludes halogenated alkanes) is 1. The first-order valence-electron chi connectivity index (χ1n) is 13.5. The molecule has 1 aliphatic heterocycles. The first-order chi connectivity index (χ1) is 17.9. The van der Waals surface area contributed by atoms with Crippen molar-refractivity contribution in [2.75, 3.05) is 4.90 Å². The Bertz CT molecular complexity index is 1400. The Morgan fingerprint density at radius 1 is 0.784 bits per heavy atom. The van der Waals surface area contributed by atoms with Crippen LogP contribution in [0.25, 0.3) is 5.57 Å². The second-order valence-electron chi connectivity index (χ2n) is 10.7. The minimum Gasteiger partial charge on any atom is -0.308 e. The lowest BCUT2D eigenvalue weighted by Gasteiger charge is -2.35. The van der Waals surface area contributed by atoms with Gasteiger partial charge in [-0.05, 0) is 88.9 Å². The van der Waals surface area contributed by atoms with Crippen molar-refractivity contribution < 1.29 is 0 Å². The topological polar surface area (TPSA) is 3.24 Å². The van der Waals surface area contributed by atoms with Crippen LogP contribution in [0.1, 0.15) is 69.2 Å². The van der Waals surface area contributed by atoms with Crippen LogP contribution in [0.4, 0.5) is 17.1 Å². The van der Waals surface area contributed by atoms with Crippen LogP contribution in [0, 0.1) is 0 Å². The van der Waals surface area contributed by atoms with E-state index in [4.69, 9.17) is 0 Å². The molecule has 188 valence electrons. The van der Waals surface area contributed by atoms with Crippen molar-refractivity contribution >= 4 is 34.4 Å². The second-order valence-corrected chi connectivity index (χ2v) is 11.7. The summed E-state index contributed by atoms with van der Waals surface area (Å²) in [6.07, 6.45) is 4.70. The fourth-order valence-corrected chi connectivity index (χ4v) is 6.04. The number of benzene rings is 4. The smallest absolute Gasteiger partial charge is 0.0602 e. The standard InChI is InChI=1S/C35H37NS/c1-6-8-12-26-15-19-30(20-16-26)36-31-21-17-28(25(3)27-13-10-9-11-14-27)23-33(31)37-34-24-29(18-22-32(34)36)35(4,5)7-2/h9-11,13-24H,3,6-8,12H2,1-2,4-5H3. The predicted molar refractivity (Wildman–Crippen MR) is 162 cm³/mol. The summed E-state index contributed by atoms with van der Waals surface area (Å²) < 4.78 is 0. The first-order valence-corrected chi connectivity index (χ1v) is 14.3. The van der Waals surface area contributed by atoms with Crippen LogP contribution in [0.3, 0.4) is 0 Å². The van der Waals surface area contributed by atoms with Gasteiger partial charge >= 0.3 is 0 Å². The SMILES string of the molecule is C=C(c1ccccc1)c1ccc2c(c1)Sc1cc(C(C)(C)CC)ccc1N2c1ccc(CCCC)cc1. The van der Waals surface area contributed by atoms with E-state index < -0.39 is 0 Å². The van der Waals surface area contributed by atoms with Crippen molar-refractivity contribution in [1.82, 2.24) is 0 Å². The number of fused-ring (bicyclic) bond motifs is 2. The first kappa shape index (κ1) is 25.4. The number of nitrogens with zero attached hydrogens (tertiary/aromatic N) is 1. The molecule has 37 heavy (non-hydrogen) atoms. The van der Waals surface area contributed by atoms with Crippen LogP contribution < -0.4 is 4.90 Å². The molecule has 0 bridgehead atoms. The third-order valence-corrected chi connectivity index (χ3v) is 8.86. The van der Waals surface area contributed by atoms with E-state index in [1.165, 1.54) is 56.4 Å². The highest BCUT2D eigenvalue weighted by atomic mass is 32.2. The summed E-state index contributed by atoms with van der Waals surface area (Å²) in [4.78, 5) is 5.01. The van der Waals surface area contributed by atoms with Crippen LogP contribution >= 0.6 is 11.8 Å². The fraction of sp³-hybridized carbons (Fsp3) is 0.257.